The molecular formula is C13H20N2O3S. The van der Waals surface area contributed by atoms with E-state index in [1.807, 2.05) is 0 Å². The van der Waals surface area contributed by atoms with E-state index in [0.29, 0.717) is 18.2 Å². The van der Waals surface area contributed by atoms with Crippen molar-refractivity contribution in [1.82, 2.24) is 10.0 Å². The van der Waals surface area contributed by atoms with Gasteiger partial charge in [-0.2, -0.15) is 0 Å². The number of sulfonamides is 1. The molecule has 1 aliphatic carbocycles. The molecule has 5 nitrogen and oxygen atoms in total. The summed E-state index contributed by atoms with van der Waals surface area (Å²) in [6.07, 6.45) is 7.92. The Labute approximate surface area is 114 Å². The van der Waals surface area contributed by atoms with Crippen molar-refractivity contribution in [2.75, 3.05) is 13.6 Å². The molecule has 0 fully saturated rings. The summed E-state index contributed by atoms with van der Waals surface area (Å²) in [5, 5.41) is 3.28. The molecule has 0 aliphatic heterocycles. The molecule has 1 aromatic rings. The Kier molecular flexibility index (Phi) is 4.79. The van der Waals surface area contributed by atoms with Crippen molar-refractivity contribution < 1.29 is 12.8 Å². The van der Waals surface area contributed by atoms with Crippen LogP contribution in [0.2, 0.25) is 0 Å². The van der Waals surface area contributed by atoms with Gasteiger partial charge in [-0.3, -0.25) is 0 Å². The first kappa shape index (κ1) is 14.3. The van der Waals surface area contributed by atoms with Gasteiger partial charge in [-0.25, -0.2) is 13.1 Å². The van der Waals surface area contributed by atoms with Crippen LogP contribution in [-0.4, -0.2) is 22.0 Å². The van der Waals surface area contributed by atoms with Crippen LogP contribution in [0.3, 0.4) is 0 Å². The predicted octanol–water partition coefficient (Wildman–Crippen LogP) is 1.63. The van der Waals surface area contributed by atoms with Gasteiger partial charge >= 0.3 is 0 Å². The smallest absolute Gasteiger partial charge is 0.273 e. The fourth-order valence-electron chi connectivity index (χ4n) is 2.14. The molecule has 2 N–H and O–H groups in total. The summed E-state index contributed by atoms with van der Waals surface area (Å²) in [6.45, 7) is 1.48. The first-order valence-electron chi connectivity index (χ1n) is 6.50. The highest BCUT2D eigenvalue weighted by Crippen LogP contribution is 2.17. The van der Waals surface area contributed by atoms with Crippen LogP contribution in [0.5, 0.6) is 0 Å². The molecule has 1 unspecified atom stereocenters. The van der Waals surface area contributed by atoms with E-state index in [4.69, 9.17) is 4.42 Å². The van der Waals surface area contributed by atoms with E-state index in [9.17, 15) is 8.42 Å². The molecule has 6 heteroatoms. The maximum absolute atomic E-state index is 11.5. The predicted molar refractivity (Wildman–Crippen MR) is 73.1 cm³/mol. The minimum Gasteiger partial charge on any atom is -0.447 e. The Balaban J connectivity index is 1.82. The second-order valence-corrected chi connectivity index (χ2v) is 6.53. The summed E-state index contributed by atoms with van der Waals surface area (Å²) in [4.78, 5) is 0. The fourth-order valence-corrected chi connectivity index (χ4v) is 2.80. The van der Waals surface area contributed by atoms with E-state index in [1.54, 1.807) is 6.07 Å². The summed E-state index contributed by atoms with van der Waals surface area (Å²) in [6, 6.07) is 3.17. The van der Waals surface area contributed by atoms with Crippen LogP contribution in [0.1, 0.15) is 25.0 Å². The molecule has 0 saturated carbocycles. The van der Waals surface area contributed by atoms with Gasteiger partial charge in [0.2, 0.25) is 5.09 Å². The molecule has 2 rings (SSSR count). The van der Waals surface area contributed by atoms with E-state index in [1.165, 1.54) is 19.5 Å². The van der Waals surface area contributed by atoms with Gasteiger partial charge in [0.15, 0.2) is 0 Å². The SMILES string of the molecule is CNS(=O)(=O)c1ccc(CNCC2CC=CCC2)o1. The molecule has 1 atom stereocenters. The number of hydrogen-bond donors (Lipinski definition) is 2. The average Bonchev–Trinajstić information content (AvgIpc) is 2.90. The van der Waals surface area contributed by atoms with Gasteiger partial charge in [0.05, 0.1) is 6.54 Å². The van der Waals surface area contributed by atoms with Gasteiger partial charge in [0, 0.05) is 0 Å². The lowest BCUT2D eigenvalue weighted by molar-refractivity contribution is 0.382. The second kappa shape index (κ2) is 6.36. The molecule has 1 aromatic heterocycles. The van der Waals surface area contributed by atoms with Crippen molar-refractivity contribution in [1.29, 1.82) is 0 Å². The molecule has 106 valence electrons. The van der Waals surface area contributed by atoms with Crippen LogP contribution in [0.15, 0.2) is 33.8 Å². The minimum absolute atomic E-state index is 0.0348. The molecule has 0 bridgehead atoms. The van der Waals surface area contributed by atoms with Gasteiger partial charge in [0.1, 0.15) is 5.76 Å². The number of rotatable bonds is 6. The van der Waals surface area contributed by atoms with Crippen LogP contribution in [0.25, 0.3) is 0 Å². The van der Waals surface area contributed by atoms with E-state index in [-0.39, 0.29) is 5.09 Å². The maximum Gasteiger partial charge on any atom is 0.273 e. The highest BCUT2D eigenvalue weighted by atomic mass is 32.2. The molecular weight excluding hydrogens is 264 g/mol. The molecule has 0 amide bonds. The lowest BCUT2D eigenvalue weighted by Crippen LogP contribution is -2.23. The van der Waals surface area contributed by atoms with Gasteiger partial charge in [0.25, 0.3) is 10.0 Å². The number of nitrogens with one attached hydrogen (secondary N) is 2. The summed E-state index contributed by atoms with van der Waals surface area (Å²) in [5.74, 6) is 1.31. The van der Waals surface area contributed by atoms with Crippen molar-refractivity contribution in [2.45, 2.75) is 30.9 Å². The average molecular weight is 284 g/mol. The summed E-state index contributed by atoms with van der Waals surface area (Å²) < 4.78 is 30.5. The largest absolute Gasteiger partial charge is 0.447 e. The second-order valence-electron chi connectivity index (χ2n) is 4.71. The van der Waals surface area contributed by atoms with Crippen LogP contribution < -0.4 is 10.0 Å². The van der Waals surface area contributed by atoms with Crippen LogP contribution in [-0.2, 0) is 16.6 Å². The molecule has 0 saturated heterocycles. The zero-order chi connectivity index (χ0) is 13.7. The topological polar surface area (TPSA) is 71.3 Å². The van der Waals surface area contributed by atoms with Crippen LogP contribution in [0, 0.1) is 5.92 Å². The van der Waals surface area contributed by atoms with Gasteiger partial charge in [-0.1, -0.05) is 12.2 Å². The van der Waals surface area contributed by atoms with Gasteiger partial charge < -0.3 is 9.73 Å². The quantitative estimate of drug-likeness (QED) is 0.779. The van der Waals surface area contributed by atoms with Crippen molar-refractivity contribution in [2.24, 2.45) is 5.92 Å². The lowest BCUT2D eigenvalue weighted by atomic mass is 9.94. The van der Waals surface area contributed by atoms with Crippen molar-refractivity contribution in [3.8, 4) is 0 Å². The summed E-state index contributed by atoms with van der Waals surface area (Å²) in [5.41, 5.74) is 0. The fraction of sp³-hybridized carbons (Fsp3) is 0.538. The monoisotopic (exact) mass is 284 g/mol. The Morgan fingerprint density at radius 3 is 2.89 bits per heavy atom. The van der Waals surface area contributed by atoms with Crippen molar-refractivity contribution >= 4 is 10.0 Å². The highest BCUT2D eigenvalue weighted by molar-refractivity contribution is 7.89. The Morgan fingerprint density at radius 1 is 1.37 bits per heavy atom. The molecule has 0 aromatic carbocycles. The molecule has 19 heavy (non-hydrogen) atoms. The third-order valence-electron chi connectivity index (χ3n) is 3.28. The Bertz CT molecular complexity index is 534. The maximum atomic E-state index is 11.5. The van der Waals surface area contributed by atoms with Crippen molar-refractivity contribution in [3.05, 3.63) is 30.0 Å². The molecule has 1 aliphatic rings. The van der Waals surface area contributed by atoms with E-state index in [2.05, 4.69) is 22.2 Å². The first-order chi connectivity index (χ1) is 9.12. The molecule has 0 spiro atoms. The zero-order valence-corrected chi connectivity index (χ0v) is 11.9. The number of furan rings is 1. The summed E-state index contributed by atoms with van der Waals surface area (Å²) in [7, 11) is -2.11. The third kappa shape index (κ3) is 3.92. The molecule has 1 heterocycles. The van der Waals surface area contributed by atoms with Crippen LogP contribution >= 0.6 is 0 Å². The van der Waals surface area contributed by atoms with E-state index < -0.39 is 10.0 Å². The Hall–Kier alpha value is -1.11. The minimum atomic E-state index is -3.48. The van der Waals surface area contributed by atoms with Crippen LogP contribution in [0.4, 0.5) is 0 Å². The van der Waals surface area contributed by atoms with Gasteiger partial charge in [-0.15, -0.1) is 0 Å². The number of hydrogen-bond acceptors (Lipinski definition) is 4. The normalized spacial score (nSPS) is 19.7. The number of allylic oxidation sites excluding steroid dienone is 2. The third-order valence-corrected chi connectivity index (χ3v) is 4.57. The lowest BCUT2D eigenvalue weighted by Gasteiger charge is -2.17. The molecule has 0 radical (unpaired) electrons. The zero-order valence-electron chi connectivity index (χ0n) is 11.1. The van der Waals surface area contributed by atoms with E-state index in [0.717, 1.165) is 19.4 Å². The van der Waals surface area contributed by atoms with E-state index >= 15 is 0 Å². The van der Waals surface area contributed by atoms with Crippen molar-refractivity contribution in [3.63, 3.8) is 0 Å². The Morgan fingerprint density at radius 2 is 2.21 bits per heavy atom. The van der Waals surface area contributed by atoms with Gasteiger partial charge in [-0.05, 0) is 50.9 Å². The first-order valence-corrected chi connectivity index (χ1v) is 7.98. The highest BCUT2D eigenvalue weighted by Gasteiger charge is 2.16. The summed E-state index contributed by atoms with van der Waals surface area (Å²) >= 11 is 0. The standard InChI is InChI=1S/C13H20N2O3S/c1-14-19(16,17)13-8-7-12(18-13)10-15-9-11-5-3-2-4-6-11/h2-3,7-8,11,14-15H,4-6,9-10H2,1H3.